The van der Waals surface area contributed by atoms with Crippen molar-refractivity contribution in [3.05, 3.63) is 21.9 Å². The van der Waals surface area contributed by atoms with Crippen LogP contribution < -0.4 is 11.1 Å². The summed E-state index contributed by atoms with van der Waals surface area (Å²) in [6, 6.07) is 1.28. The molecule has 1 rings (SSSR count). The van der Waals surface area contributed by atoms with Crippen LogP contribution in [-0.2, 0) is 4.43 Å². The van der Waals surface area contributed by atoms with Gasteiger partial charge in [-0.05, 0) is 24.2 Å². The molecule has 0 saturated heterocycles. The van der Waals surface area contributed by atoms with Gasteiger partial charge in [0.25, 0.3) is 0 Å². The second-order valence-electron chi connectivity index (χ2n) is 6.72. The minimum atomic E-state index is -1.96. The highest BCUT2D eigenvalue weighted by Gasteiger charge is 2.38. The zero-order chi connectivity index (χ0) is 17.1. The summed E-state index contributed by atoms with van der Waals surface area (Å²) in [7, 11) is -1.96. The molecular weight excluding hydrogens is 318 g/mol. The topological polar surface area (TPSA) is 108 Å². The number of thiophene rings is 1. The fourth-order valence-corrected chi connectivity index (χ4v) is 3.49. The van der Waals surface area contributed by atoms with Gasteiger partial charge in [-0.1, -0.05) is 20.8 Å². The Hall–Kier alpha value is -1.38. The van der Waals surface area contributed by atoms with Gasteiger partial charge in [0.05, 0.1) is 12.6 Å². The molecule has 0 aromatic carbocycles. The zero-order valence-corrected chi connectivity index (χ0v) is 15.5. The minimum absolute atomic E-state index is 0.0260. The number of carboxylic acid groups (broad SMARTS) is 1. The third kappa shape index (κ3) is 4.82. The number of amidine groups is 1. The second-order valence-corrected chi connectivity index (χ2v) is 12.5. The van der Waals surface area contributed by atoms with E-state index < -0.39 is 20.5 Å². The number of amides is 1. The SMILES string of the molecule is CC(C)(C)[Si](C)(C)OC[C@@H](NC(=O)O)c1cc(C(=N)N)cs1. The lowest BCUT2D eigenvalue weighted by Crippen LogP contribution is -2.43. The molecule has 0 fully saturated rings. The molecule has 0 aliphatic rings. The van der Waals surface area contributed by atoms with E-state index in [1.165, 1.54) is 11.3 Å². The van der Waals surface area contributed by atoms with Crippen LogP contribution in [0, 0.1) is 5.41 Å². The van der Waals surface area contributed by atoms with Gasteiger partial charge in [-0.25, -0.2) is 4.79 Å². The normalized spacial score (nSPS) is 13.7. The first-order valence-corrected chi connectivity index (χ1v) is 10.8. The lowest BCUT2D eigenvalue weighted by atomic mass is 10.2. The fourth-order valence-electron chi connectivity index (χ4n) is 1.53. The van der Waals surface area contributed by atoms with Crippen molar-refractivity contribution < 1.29 is 14.3 Å². The average molecular weight is 344 g/mol. The molecule has 1 aromatic heterocycles. The lowest BCUT2D eigenvalue weighted by Gasteiger charge is -2.37. The molecule has 0 aliphatic heterocycles. The molecule has 0 radical (unpaired) electrons. The van der Waals surface area contributed by atoms with E-state index in [1.54, 1.807) is 11.4 Å². The fraction of sp³-hybridized carbons (Fsp3) is 0.571. The summed E-state index contributed by atoms with van der Waals surface area (Å²) in [6.07, 6.45) is -1.10. The quantitative estimate of drug-likeness (QED) is 0.361. The summed E-state index contributed by atoms with van der Waals surface area (Å²) < 4.78 is 6.12. The van der Waals surface area contributed by atoms with Crippen LogP contribution in [0.4, 0.5) is 4.79 Å². The first kappa shape index (κ1) is 18.7. The van der Waals surface area contributed by atoms with Crippen molar-refractivity contribution in [1.82, 2.24) is 5.32 Å². The van der Waals surface area contributed by atoms with Gasteiger partial charge in [0.2, 0.25) is 0 Å². The van der Waals surface area contributed by atoms with Crippen LogP contribution in [0.1, 0.15) is 37.3 Å². The first-order chi connectivity index (χ1) is 9.94. The van der Waals surface area contributed by atoms with Crippen LogP contribution in [-0.4, -0.2) is 32.0 Å². The lowest BCUT2D eigenvalue weighted by molar-refractivity contribution is 0.179. The van der Waals surface area contributed by atoms with E-state index in [9.17, 15) is 4.79 Å². The van der Waals surface area contributed by atoms with E-state index in [0.717, 1.165) is 4.88 Å². The monoisotopic (exact) mass is 343 g/mol. The largest absolute Gasteiger partial charge is 0.465 e. The van der Waals surface area contributed by atoms with Gasteiger partial charge in [-0.15, -0.1) is 11.3 Å². The van der Waals surface area contributed by atoms with Crippen LogP contribution in [0.3, 0.4) is 0 Å². The van der Waals surface area contributed by atoms with E-state index in [4.69, 9.17) is 20.7 Å². The van der Waals surface area contributed by atoms with Crippen LogP contribution in [0.2, 0.25) is 18.1 Å². The third-order valence-electron chi connectivity index (χ3n) is 3.99. The summed E-state index contributed by atoms with van der Waals surface area (Å²) in [5, 5.41) is 20.8. The van der Waals surface area contributed by atoms with Gasteiger partial charge in [-0.3, -0.25) is 5.41 Å². The van der Waals surface area contributed by atoms with E-state index in [1.807, 2.05) is 0 Å². The Morgan fingerprint density at radius 3 is 2.55 bits per heavy atom. The Bertz CT molecular complexity index is 552. The number of hydrogen-bond acceptors (Lipinski definition) is 4. The highest BCUT2D eigenvalue weighted by Crippen LogP contribution is 2.37. The Kier molecular flexibility index (Phi) is 5.77. The Balaban J connectivity index is 2.89. The maximum atomic E-state index is 11.0. The molecule has 0 unspecified atom stereocenters. The highest BCUT2D eigenvalue weighted by atomic mass is 32.1. The Labute approximate surface area is 136 Å². The van der Waals surface area contributed by atoms with Crippen LogP contribution in [0.15, 0.2) is 11.4 Å². The molecule has 1 heterocycles. The molecule has 1 amide bonds. The van der Waals surface area contributed by atoms with E-state index >= 15 is 0 Å². The van der Waals surface area contributed by atoms with Crippen molar-refractivity contribution >= 4 is 31.6 Å². The summed E-state index contributed by atoms with van der Waals surface area (Å²) >= 11 is 1.37. The molecule has 5 N–H and O–H groups in total. The number of rotatable bonds is 6. The highest BCUT2D eigenvalue weighted by molar-refractivity contribution is 7.10. The number of nitrogens with two attached hydrogens (primary N) is 1. The first-order valence-electron chi connectivity index (χ1n) is 7.00. The predicted octanol–water partition coefficient (Wildman–Crippen LogP) is 3.36. The zero-order valence-electron chi connectivity index (χ0n) is 13.7. The Morgan fingerprint density at radius 1 is 1.55 bits per heavy atom. The molecule has 0 spiro atoms. The molecule has 6 nitrogen and oxygen atoms in total. The molecule has 124 valence electrons. The van der Waals surface area contributed by atoms with Gasteiger partial charge < -0.3 is 20.6 Å². The van der Waals surface area contributed by atoms with Crippen LogP contribution >= 0.6 is 11.3 Å². The van der Waals surface area contributed by atoms with Gasteiger partial charge in [-0.2, -0.15) is 0 Å². The summed E-state index contributed by atoms with van der Waals surface area (Å²) in [6.45, 7) is 10.9. The Morgan fingerprint density at radius 2 is 2.14 bits per heavy atom. The predicted molar refractivity (Wildman–Crippen MR) is 92.4 cm³/mol. The van der Waals surface area contributed by atoms with Crippen molar-refractivity contribution in [2.75, 3.05) is 6.61 Å². The van der Waals surface area contributed by atoms with E-state index in [2.05, 4.69) is 39.2 Å². The van der Waals surface area contributed by atoms with Gasteiger partial charge in [0.15, 0.2) is 8.32 Å². The van der Waals surface area contributed by atoms with E-state index in [0.29, 0.717) is 5.56 Å². The number of hydrogen-bond donors (Lipinski definition) is 4. The maximum absolute atomic E-state index is 11.0. The molecule has 1 aromatic rings. The minimum Gasteiger partial charge on any atom is -0.465 e. The van der Waals surface area contributed by atoms with Crippen molar-refractivity contribution in [3.63, 3.8) is 0 Å². The molecular formula is C14H25N3O3SSi. The van der Waals surface area contributed by atoms with Crippen molar-refractivity contribution in [1.29, 1.82) is 5.41 Å². The van der Waals surface area contributed by atoms with Crippen LogP contribution in [0.25, 0.3) is 0 Å². The van der Waals surface area contributed by atoms with Gasteiger partial charge >= 0.3 is 6.09 Å². The maximum Gasteiger partial charge on any atom is 0.405 e. The van der Waals surface area contributed by atoms with Crippen molar-refractivity contribution in [3.8, 4) is 0 Å². The third-order valence-corrected chi connectivity index (χ3v) is 9.54. The second kappa shape index (κ2) is 6.80. The molecule has 0 aliphatic carbocycles. The molecule has 0 bridgehead atoms. The summed E-state index contributed by atoms with van der Waals surface area (Å²) in [5.74, 6) is -0.0260. The molecule has 0 saturated carbocycles. The van der Waals surface area contributed by atoms with Crippen LogP contribution in [0.5, 0.6) is 0 Å². The average Bonchev–Trinajstić information content (AvgIpc) is 2.82. The van der Waals surface area contributed by atoms with Gasteiger partial charge in [0, 0.05) is 15.8 Å². The van der Waals surface area contributed by atoms with E-state index in [-0.39, 0.29) is 17.5 Å². The summed E-state index contributed by atoms with van der Waals surface area (Å²) in [5.41, 5.74) is 6.06. The van der Waals surface area contributed by atoms with Crippen molar-refractivity contribution in [2.24, 2.45) is 5.73 Å². The van der Waals surface area contributed by atoms with Crippen molar-refractivity contribution in [2.45, 2.75) is 44.9 Å². The smallest absolute Gasteiger partial charge is 0.405 e. The molecule has 1 atom stereocenters. The van der Waals surface area contributed by atoms with Gasteiger partial charge in [0.1, 0.15) is 5.84 Å². The standard InChI is InChI=1S/C14H25N3O3SSi/c1-14(2,3)22(4,5)20-7-10(17-13(18)19)11-6-9(8-21-11)12(15)16/h6,8,10,17H,7H2,1-5H3,(H3,15,16)(H,18,19)/t10-/m1/s1. The summed E-state index contributed by atoms with van der Waals surface area (Å²) in [4.78, 5) is 11.8. The molecule has 22 heavy (non-hydrogen) atoms. The number of carbonyl (C=O) groups is 1. The number of nitrogens with one attached hydrogen (secondary N) is 2. The number of nitrogen functional groups attached to an aromatic ring is 1. The molecule has 8 heteroatoms.